The zero-order valence-corrected chi connectivity index (χ0v) is 31.1. The average Bonchev–Trinajstić information content (AvgIpc) is 4.02. The second-order valence-electron chi connectivity index (χ2n) is 12.9. The fourth-order valence-electron chi connectivity index (χ4n) is 7.26. The van der Waals surface area contributed by atoms with Crippen LogP contribution in [0.2, 0.25) is 0 Å². The van der Waals surface area contributed by atoms with Crippen LogP contribution in [0.1, 0.15) is 0 Å². The average molecular weight is 743 g/mol. The number of benzene rings is 6. The van der Waals surface area contributed by atoms with Gasteiger partial charge in [0, 0.05) is 43.3 Å². The molecular weight excluding hydrogens is 710 g/mol. The van der Waals surface area contributed by atoms with E-state index in [0.717, 1.165) is 87.6 Å². The summed E-state index contributed by atoms with van der Waals surface area (Å²) < 4.78 is 39.4. The molecule has 4 heterocycles. The molecule has 0 unspecified atom stereocenters. The minimum Gasteiger partial charge on any atom is -0.496 e. The van der Waals surface area contributed by atoms with E-state index in [1.54, 1.807) is 14.2 Å². The van der Waals surface area contributed by atoms with E-state index >= 15 is 0 Å². The zero-order chi connectivity index (χ0) is 36.2. The first-order valence-corrected chi connectivity index (χ1v) is 20.2. The second kappa shape index (κ2) is 13.4. The van der Waals surface area contributed by atoms with Crippen LogP contribution in [0.5, 0.6) is 11.5 Å². The van der Waals surface area contributed by atoms with Gasteiger partial charge in [-0.2, -0.15) is 0 Å². The van der Waals surface area contributed by atoms with Crippen molar-refractivity contribution < 1.29 is 27.1 Å². The Bertz CT molecular complexity index is 2480. The van der Waals surface area contributed by atoms with Gasteiger partial charge in [0.1, 0.15) is 55.8 Å². The van der Waals surface area contributed by atoms with E-state index in [9.17, 15) is 0 Å². The Morgan fingerprint density at radius 1 is 0.352 bits per heavy atom. The molecule has 54 heavy (non-hydrogen) atoms. The molecule has 0 radical (unpaired) electrons. The summed E-state index contributed by atoms with van der Waals surface area (Å²) in [5.41, 5.74) is 8.29. The molecule has 10 aromatic rings. The summed E-state index contributed by atoms with van der Waals surface area (Å²) in [4.78, 5) is 0. The number of furan rings is 4. The van der Waals surface area contributed by atoms with Gasteiger partial charge in [0.05, 0.1) is 30.1 Å². The topological polar surface area (TPSA) is 71.0 Å². The predicted molar refractivity (Wildman–Crippen MR) is 221 cm³/mol. The van der Waals surface area contributed by atoms with Crippen molar-refractivity contribution in [2.45, 2.75) is 0 Å². The molecule has 10 rings (SSSR count). The van der Waals surface area contributed by atoms with Crippen molar-refractivity contribution in [3.8, 4) is 22.6 Å². The monoisotopic (exact) mass is 742 g/mol. The smallest absolute Gasteiger partial charge is 0.139 e. The highest BCUT2D eigenvalue weighted by Crippen LogP contribution is 2.48. The maximum atomic E-state index is 6.71. The van der Waals surface area contributed by atoms with Crippen molar-refractivity contribution in [3.63, 3.8) is 0 Å². The van der Waals surface area contributed by atoms with Gasteiger partial charge in [-0.25, -0.2) is 0 Å². The fourth-order valence-corrected chi connectivity index (χ4v) is 11.8. The van der Waals surface area contributed by atoms with Gasteiger partial charge in [-0.3, -0.25) is 0 Å². The van der Waals surface area contributed by atoms with Gasteiger partial charge in [0.15, 0.2) is 0 Å². The number of hydrogen-bond donors (Lipinski definition) is 0. The van der Waals surface area contributed by atoms with Crippen LogP contribution in [0.4, 0.5) is 0 Å². The number of methoxy groups -OCH3 is 2. The van der Waals surface area contributed by atoms with E-state index < -0.39 is 15.8 Å². The third kappa shape index (κ3) is 5.50. The van der Waals surface area contributed by atoms with E-state index in [-0.39, 0.29) is 0 Å². The Morgan fingerprint density at radius 3 is 0.926 bits per heavy atom. The van der Waals surface area contributed by atoms with Crippen molar-refractivity contribution in [3.05, 3.63) is 158 Å². The standard InChI is InChI=1S/C46H32O6P2/c1-47-37-21-11-23-39(53(41-25-29-13-3-7-17-33(29)49-41)42-26-30-14-4-8-18-34(30)50-42)45(37)46-38(48-2)22-12-24-40(46)54(43-27-31-15-5-9-19-35(31)51-43)44-28-32-16-6-10-20-36(32)52-44/h3-28H,1-2H3. The first-order valence-electron chi connectivity index (χ1n) is 17.6. The lowest BCUT2D eigenvalue weighted by molar-refractivity contribution is 0.411. The van der Waals surface area contributed by atoms with Gasteiger partial charge in [0.25, 0.3) is 0 Å². The van der Waals surface area contributed by atoms with Crippen LogP contribution in [0.15, 0.2) is 175 Å². The number of rotatable bonds is 9. The van der Waals surface area contributed by atoms with Crippen LogP contribution in [0, 0.1) is 0 Å². The summed E-state index contributed by atoms with van der Waals surface area (Å²) in [5.74, 6) is 1.39. The summed E-state index contributed by atoms with van der Waals surface area (Å²) in [6.45, 7) is 0. The van der Waals surface area contributed by atoms with E-state index in [0.29, 0.717) is 11.5 Å². The molecule has 262 valence electrons. The molecule has 0 N–H and O–H groups in total. The lowest BCUT2D eigenvalue weighted by atomic mass is 10.0. The molecule has 0 atom stereocenters. The van der Waals surface area contributed by atoms with Crippen LogP contribution >= 0.6 is 15.8 Å². The van der Waals surface area contributed by atoms with Gasteiger partial charge in [-0.15, -0.1) is 0 Å². The number of fused-ring (bicyclic) bond motifs is 4. The van der Waals surface area contributed by atoms with Gasteiger partial charge in [-0.1, -0.05) is 97.1 Å². The molecule has 0 saturated heterocycles. The molecule has 4 aromatic heterocycles. The molecule has 0 fully saturated rings. The van der Waals surface area contributed by atoms with Crippen molar-refractivity contribution in [2.75, 3.05) is 14.2 Å². The van der Waals surface area contributed by atoms with Crippen molar-refractivity contribution in [1.29, 1.82) is 0 Å². The highest BCUT2D eigenvalue weighted by molar-refractivity contribution is 7.80. The molecule has 6 aromatic carbocycles. The molecule has 0 aliphatic heterocycles. The number of ether oxygens (including phenoxy) is 2. The summed E-state index contributed by atoms with van der Waals surface area (Å²) in [6, 6.07) is 53.4. The molecule has 0 aliphatic carbocycles. The zero-order valence-electron chi connectivity index (χ0n) is 29.4. The molecule has 0 saturated carbocycles. The number of para-hydroxylation sites is 4. The highest BCUT2D eigenvalue weighted by Gasteiger charge is 2.34. The third-order valence-electron chi connectivity index (χ3n) is 9.71. The largest absolute Gasteiger partial charge is 0.496 e. The maximum Gasteiger partial charge on any atom is 0.139 e. The second-order valence-corrected chi connectivity index (χ2v) is 16.9. The summed E-state index contributed by atoms with van der Waals surface area (Å²) in [5, 5.41) is 6.09. The first-order chi connectivity index (χ1) is 26.7. The van der Waals surface area contributed by atoms with Gasteiger partial charge >= 0.3 is 0 Å². The summed E-state index contributed by atoms with van der Waals surface area (Å²) in [7, 11) is 0.614. The molecule has 0 aliphatic rings. The Kier molecular flexibility index (Phi) is 8.09. The minimum atomic E-state index is -1.40. The van der Waals surface area contributed by atoms with E-state index in [2.05, 4.69) is 60.7 Å². The highest BCUT2D eigenvalue weighted by atomic mass is 31.1. The quantitative estimate of drug-likeness (QED) is 0.137. The lowest BCUT2D eigenvalue weighted by Gasteiger charge is -2.25. The van der Waals surface area contributed by atoms with Crippen molar-refractivity contribution in [2.24, 2.45) is 0 Å². The van der Waals surface area contributed by atoms with Crippen molar-refractivity contribution in [1.82, 2.24) is 0 Å². The van der Waals surface area contributed by atoms with Gasteiger partial charge in [-0.05, 0) is 60.7 Å². The molecule has 8 heteroatoms. The normalized spacial score (nSPS) is 11.9. The Morgan fingerprint density at radius 2 is 0.648 bits per heavy atom. The number of hydrogen-bond acceptors (Lipinski definition) is 6. The SMILES string of the molecule is COc1cccc(P(c2cc3ccccc3o2)c2cc3ccccc3o2)c1-c1c(OC)cccc1P(c1cc2ccccc2o1)c1cc2ccccc2o1. The van der Waals surface area contributed by atoms with E-state index in [1.807, 2.05) is 97.1 Å². The fraction of sp³-hybridized carbons (Fsp3) is 0.0435. The van der Waals surface area contributed by atoms with Crippen LogP contribution < -0.4 is 42.1 Å². The molecular formula is C46H32O6P2. The molecule has 0 bridgehead atoms. The molecule has 0 amide bonds. The molecule has 0 spiro atoms. The summed E-state index contributed by atoms with van der Waals surface area (Å²) >= 11 is 0. The van der Waals surface area contributed by atoms with Crippen LogP contribution in [0.25, 0.3) is 55.0 Å². The van der Waals surface area contributed by atoms with E-state index in [1.165, 1.54) is 0 Å². The van der Waals surface area contributed by atoms with Crippen LogP contribution in [-0.4, -0.2) is 14.2 Å². The Balaban J connectivity index is 1.27. The maximum absolute atomic E-state index is 6.71. The first kappa shape index (κ1) is 32.6. The van der Waals surface area contributed by atoms with Crippen molar-refractivity contribution >= 4 is 92.3 Å². The minimum absolute atomic E-state index is 0.696. The van der Waals surface area contributed by atoms with Gasteiger partial charge < -0.3 is 27.1 Å². The van der Waals surface area contributed by atoms with Gasteiger partial charge in [0.2, 0.25) is 0 Å². The summed E-state index contributed by atoms with van der Waals surface area (Å²) in [6.07, 6.45) is 0. The van der Waals surface area contributed by atoms with Crippen LogP contribution in [-0.2, 0) is 0 Å². The molecule has 6 nitrogen and oxygen atoms in total. The Labute approximate surface area is 313 Å². The van der Waals surface area contributed by atoms with Crippen LogP contribution in [0.3, 0.4) is 0 Å². The lowest BCUT2D eigenvalue weighted by Crippen LogP contribution is -2.25. The third-order valence-corrected chi connectivity index (χ3v) is 14.1. The Hall–Kier alpha value is -6.06. The predicted octanol–water partition coefficient (Wildman–Crippen LogP) is 9.87. The van der Waals surface area contributed by atoms with E-state index in [4.69, 9.17) is 27.1 Å².